The normalized spacial score (nSPS) is 22.1. The molecule has 3 nitrogen and oxygen atoms in total. The van der Waals surface area contributed by atoms with Gasteiger partial charge in [-0.05, 0) is 32.6 Å². The van der Waals surface area contributed by atoms with E-state index in [1.807, 2.05) is 13.1 Å². The maximum absolute atomic E-state index is 10.2. The van der Waals surface area contributed by atoms with E-state index in [1.54, 1.807) is 0 Å². The summed E-state index contributed by atoms with van der Waals surface area (Å²) < 4.78 is 0.677. The molecule has 30 heavy (non-hydrogen) atoms. The van der Waals surface area contributed by atoms with E-state index in [0.29, 0.717) is 10.6 Å². The van der Waals surface area contributed by atoms with Gasteiger partial charge in [0.15, 0.2) is 12.4 Å². The molecular weight excluding hydrogens is 368 g/mol. The summed E-state index contributed by atoms with van der Waals surface area (Å²) in [6.45, 7) is 7.28. The van der Waals surface area contributed by atoms with E-state index in [4.69, 9.17) is 0 Å². The van der Waals surface area contributed by atoms with E-state index in [-0.39, 0.29) is 6.23 Å². The standard InChI is InChI=1S/C27H53N2O/c1-4-6-7-8-9-10-11-12-13-14-15-16-17-18-19-20-21-22-23-27-28-24-25-29(27,5-2)26(3)30/h7-8,24-28,30H,4-6,9-23H2,1-3H3/q+1/b8-7+. The summed E-state index contributed by atoms with van der Waals surface area (Å²) in [6.07, 6.45) is 32.0. The largest absolute Gasteiger partial charge is 0.345 e. The van der Waals surface area contributed by atoms with Crippen LogP contribution in [0.2, 0.25) is 0 Å². The van der Waals surface area contributed by atoms with Gasteiger partial charge in [0.25, 0.3) is 0 Å². The van der Waals surface area contributed by atoms with Crippen LogP contribution in [0.25, 0.3) is 0 Å². The second-order valence-corrected chi connectivity index (χ2v) is 9.37. The monoisotopic (exact) mass is 421 g/mol. The summed E-state index contributed by atoms with van der Waals surface area (Å²) in [5.74, 6) is 0. The van der Waals surface area contributed by atoms with Crippen molar-refractivity contribution in [2.45, 2.75) is 142 Å². The SMILES string of the molecule is CCC/C=C/CCCCCCCCCCCCCCCC1NC=C[N+]1(CC)C(C)O. The first kappa shape index (κ1) is 27.2. The highest BCUT2D eigenvalue weighted by molar-refractivity contribution is 4.84. The Labute approximate surface area is 188 Å². The van der Waals surface area contributed by atoms with E-state index in [2.05, 4.69) is 37.5 Å². The Morgan fingerprint density at radius 1 is 0.800 bits per heavy atom. The molecule has 0 saturated carbocycles. The summed E-state index contributed by atoms with van der Waals surface area (Å²) in [5.41, 5.74) is 0. The van der Waals surface area contributed by atoms with Crippen molar-refractivity contribution in [3.8, 4) is 0 Å². The maximum Gasteiger partial charge on any atom is 0.193 e. The number of hydrogen-bond acceptors (Lipinski definition) is 2. The molecule has 0 aromatic heterocycles. The van der Waals surface area contributed by atoms with Crippen LogP contribution in [0.1, 0.15) is 130 Å². The number of unbranched alkanes of at least 4 members (excludes halogenated alkanes) is 14. The fraction of sp³-hybridized carbons (Fsp3) is 0.852. The van der Waals surface area contributed by atoms with Crippen LogP contribution in [-0.2, 0) is 0 Å². The van der Waals surface area contributed by atoms with Gasteiger partial charge in [-0.3, -0.25) is 4.48 Å². The van der Waals surface area contributed by atoms with Crippen molar-refractivity contribution in [3.05, 3.63) is 24.6 Å². The summed E-state index contributed by atoms with van der Waals surface area (Å²) in [7, 11) is 0. The van der Waals surface area contributed by atoms with E-state index < -0.39 is 0 Å². The van der Waals surface area contributed by atoms with Gasteiger partial charge < -0.3 is 10.4 Å². The zero-order chi connectivity index (χ0) is 21.9. The summed E-state index contributed by atoms with van der Waals surface area (Å²) in [6, 6.07) is 0. The zero-order valence-electron chi connectivity index (χ0n) is 20.6. The smallest absolute Gasteiger partial charge is 0.193 e. The first-order valence-corrected chi connectivity index (χ1v) is 13.3. The van der Waals surface area contributed by atoms with Crippen molar-refractivity contribution in [1.82, 2.24) is 5.32 Å². The van der Waals surface area contributed by atoms with E-state index >= 15 is 0 Å². The third-order valence-electron chi connectivity index (χ3n) is 6.93. The van der Waals surface area contributed by atoms with Gasteiger partial charge in [0, 0.05) is 13.3 Å². The van der Waals surface area contributed by atoms with Gasteiger partial charge in [-0.2, -0.15) is 0 Å². The molecule has 0 aromatic carbocycles. The molecule has 0 bridgehead atoms. The zero-order valence-corrected chi connectivity index (χ0v) is 20.6. The predicted molar refractivity (Wildman–Crippen MR) is 132 cm³/mol. The number of quaternary nitrogens is 1. The van der Waals surface area contributed by atoms with E-state index in [9.17, 15) is 5.11 Å². The Kier molecular flexibility index (Phi) is 16.2. The fourth-order valence-corrected chi connectivity index (χ4v) is 4.78. The molecule has 1 aliphatic rings. The fourth-order valence-electron chi connectivity index (χ4n) is 4.78. The molecule has 0 spiro atoms. The molecule has 3 unspecified atom stereocenters. The number of allylic oxidation sites excluding steroid dienone is 2. The van der Waals surface area contributed by atoms with Crippen LogP contribution in [0.5, 0.6) is 0 Å². The maximum atomic E-state index is 10.2. The summed E-state index contributed by atoms with van der Waals surface area (Å²) in [4.78, 5) is 0. The minimum atomic E-state index is -0.334. The minimum absolute atomic E-state index is 0.334. The van der Waals surface area contributed by atoms with E-state index in [0.717, 1.165) is 13.0 Å². The number of nitrogens with one attached hydrogen (secondary N) is 1. The molecule has 1 rings (SSSR count). The Morgan fingerprint density at radius 3 is 1.80 bits per heavy atom. The number of aliphatic hydroxyl groups is 1. The first-order chi connectivity index (χ1) is 14.7. The Morgan fingerprint density at radius 2 is 1.30 bits per heavy atom. The number of nitrogens with zero attached hydrogens (tertiary/aromatic N) is 1. The Balaban J connectivity index is 1.84. The van der Waals surface area contributed by atoms with Gasteiger partial charge >= 0.3 is 0 Å². The van der Waals surface area contributed by atoms with Gasteiger partial charge in [-0.1, -0.05) is 96.1 Å². The van der Waals surface area contributed by atoms with Crippen LogP contribution in [0.3, 0.4) is 0 Å². The molecule has 0 aromatic rings. The molecule has 0 fully saturated rings. The van der Waals surface area contributed by atoms with Gasteiger partial charge in [0.1, 0.15) is 6.20 Å². The molecule has 0 amide bonds. The number of hydrogen-bond donors (Lipinski definition) is 2. The Bertz CT molecular complexity index is 446. The van der Waals surface area contributed by atoms with Crippen LogP contribution in [0.4, 0.5) is 0 Å². The quantitative estimate of drug-likeness (QED) is 0.119. The highest BCUT2D eigenvalue weighted by Gasteiger charge is 2.40. The molecule has 0 aliphatic carbocycles. The third kappa shape index (κ3) is 11.0. The molecular formula is C27H53N2O+. The Hall–Kier alpha value is -0.800. The lowest BCUT2D eigenvalue weighted by Crippen LogP contribution is -2.57. The lowest BCUT2D eigenvalue weighted by atomic mass is 10.0. The summed E-state index contributed by atoms with van der Waals surface area (Å²) in [5, 5.41) is 13.7. The molecule has 2 N–H and O–H groups in total. The van der Waals surface area contributed by atoms with E-state index in [1.165, 1.54) is 103 Å². The van der Waals surface area contributed by atoms with Crippen LogP contribution < -0.4 is 5.32 Å². The van der Waals surface area contributed by atoms with Crippen molar-refractivity contribution in [1.29, 1.82) is 0 Å². The second-order valence-electron chi connectivity index (χ2n) is 9.37. The first-order valence-electron chi connectivity index (χ1n) is 13.3. The lowest BCUT2D eigenvalue weighted by molar-refractivity contribution is -0.942. The van der Waals surface area contributed by atoms with Gasteiger partial charge in [0.2, 0.25) is 0 Å². The van der Waals surface area contributed by atoms with Crippen LogP contribution in [0.15, 0.2) is 24.6 Å². The second kappa shape index (κ2) is 17.8. The molecule has 3 heteroatoms. The highest BCUT2D eigenvalue weighted by Crippen LogP contribution is 2.26. The van der Waals surface area contributed by atoms with Crippen LogP contribution in [-0.4, -0.2) is 28.5 Å². The minimum Gasteiger partial charge on any atom is -0.345 e. The lowest BCUT2D eigenvalue weighted by Gasteiger charge is -2.39. The van der Waals surface area contributed by atoms with Crippen molar-refractivity contribution in [3.63, 3.8) is 0 Å². The summed E-state index contributed by atoms with van der Waals surface area (Å²) >= 11 is 0. The number of aliphatic hydroxyl groups excluding tert-OH is 1. The number of rotatable bonds is 20. The molecule has 0 radical (unpaired) electrons. The topological polar surface area (TPSA) is 32.3 Å². The van der Waals surface area contributed by atoms with Crippen molar-refractivity contribution in [2.75, 3.05) is 6.54 Å². The molecule has 3 atom stereocenters. The van der Waals surface area contributed by atoms with Crippen LogP contribution >= 0.6 is 0 Å². The molecule has 1 heterocycles. The van der Waals surface area contributed by atoms with Crippen molar-refractivity contribution < 1.29 is 9.59 Å². The molecule has 0 saturated heterocycles. The van der Waals surface area contributed by atoms with Crippen LogP contribution in [0, 0.1) is 0 Å². The molecule has 1 aliphatic heterocycles. The van der Waals surface area contributed by atoms with Crippen molar-refractivity contribution in [2.24, 2.45) is 0 Å². The van der Waals surface area contributed by atoms with Gasteiger partial charge in [0.05, 0.1) is 12.7 Å². The predicted octanol–water partition coefficient (Wildman–Crippen LogP) is 7.77. The van der Waals surface area contributed by atoms with Gasteiger partial charge in [-0.25, -0.2) is 0 Å². The average molecular weight is 422 g/mol. The average Bonchev–Trinajstić information content (AvgIpc) is 3.17. The molecule has 176 valence electrons. The highest BCUT2D eigenvalue weighted by atomic mass is 16.3. The van der Waals surface area contributed by atoms with Crippen molar-refractivity contribution >= 4 is 0 Å². The third-order valence-corrected chi connectivity index (χ3v) is 6.93. The van der Waals surface area contributed by atoms with Gasteiger partial charge in [-0.15, -0.1) is 0 Å².